The van der Waals surface area contributed by atoms with E-state index in [1.54, 1.807) is 0 Å². The highest BCUT2D eigenvalue weighted by Crippen LogP contribution is 2.25. The smallest absolute Gasteiger partial charge is 0.126 e. The van der Waals surface area contributed by atoms with Crippen LogP contribution in [0.25, 0.3) is 5.57 Å². The summed E-state index contributed by atoms with van der Waals surface area (Å²) in [5, 5.41) is 0. The molecule has 14 heavy (non-hydrogen) atoms. The standard InChI is InChI=1S/C12H17NO/c1-3-14-12-7-5-4-6-11(12)10(2)8-9-13/h4-8H,3,9,13H2,1-2H3. The summed E-state index contributed by atoms with van der Waals surface area (Å²) in [7, 11) is 0. The molecule has 0 amide bonds. The number of allylic oxidation sites excluding steroid dienone is 1. The number of ether oxygens (including phenoxy) is 1. The number of nitrogens with two attached hydrogens (primary N) is 1. The van der Waals surface area contributed by atoms with E-state index in [-0.39, 0.29) is 0 Å². The van der Waals surface area contributed by atoms with Gasteiger partial charge in [-0.2, -0.15) is 0 Å². The van der Waals surface area contributed by atoms with Crippen molar-refractivity contribution in [2.45, 2.75) is 13.8 Å². The molecule has 2 heteroatoms. The molecular weight excluding hydrogens is 174 g/mol. The minimum absolute atomic E-state index is 0.562. The Hall–Kier alpha value is -1.28. The highest BCUT2D eigenvalue weighted by molar-refractivity contribution is 5.69. The van der Waals surface area contributed by atoms with Crippen LogP contribution < -0.4 is 10.5 Å². The predicted molar refractivity (Wildman–Crippen MR) is 60.3 cm³/mol. The van der Waals surface area contributed by atoms with Gasteiger partial charge in [0.2, 0.25) is 0 Å². The van der Waals surface area contributed by atoms with E-state index in [0.717, 1.165) is 16.9 Å². The Morgan fingerprint density at radius 1 is 1.43 bits per heavy atom. The largest absolute Gasteiger partial charge is 0.493 e. The zero-order valence-electron chi connectivity index (χ0n) is 8.79. The maximum absolute atomic E-state index is 5.52. The molecule has 0 aromatic heterocycles. The second-order valence-corrected chi connectivity index (χ2v) is 3.05. The highest BCUT2D eigenvalue weighted by Gasteiger charge is 2.02. The van der Waals surface area contributed by atoms with Gasteiger partial charge in [-0.3, -0.25) is 0 Å². The Balaban J connectivity index is 3.00. The molecule has 0 bridgehead atoms. The lowest BCUT2D eigenvalue weighted by Gasteiger charge is -2.09. The van der Waals surface area contributed by atoms with Gasteiger partial charge in [0.25, 0.3) is 0 Å². The van der Waals surface area contributed by atoms with Crippen LogP contribution >= 0.6 is 0 Å². The lowest BCUT2D eigenvalue weighted by Crippen LogP contribution is -1.97. The first-order valence-corrected chi connectivity index (χ1v) is 4.88. The maximum Gasteiger partial charge on any atom is 0.126 e. The molecule has 0 aliphatic rings. The summed E-state index contributed by atoms with van der Waals surface area (Å²) in [4.78, 5) is 0. The van der Waals surface area contributed by atoms with E-state index >= 15 is 0 Å². The third kappa shape index (κ3) is 2.60. The number of hydrogen-bond acceptors (Lipinski definition) is 2. The summed E-state index contributed by atoms with van der Waals surface area (Å²) >= 11 is 0. The topological polar surface area (TPSA) is 35.2 Å². The van der Waals surface area contributed by atoms with Gasteiger partial charge in [0.05, 0.1) is 6.61 Å². The molecule has 0 heterocycles. The molecule has 0 aliphatic carbocycles. The van der Waals surface area contributed by atoms with Gasteiger partial charge < -0.3 is 10.5 Å². The summed E-state index contributed by atoms with van der Waals surface area (Å²) < 4.78 is 5.52. The van der Waals surface area contributed by atoms with E-state index in [0.29, 0.717) is 13.2 Å². The average Bonchev–Trinajstić information content (AvgIpc) is 2.19. The van der Waals surface area contributed by atoms with Crippen LogP contribution in [0.1, 0.15) is 19.4 Å². The minimum atomic E-state index is 0.562. The third-order valence-corrected chi connectivity index (χ3v) is 2.04. The van der Waals surface area contributed by atoms with Crippen LogP contribution in [-0.4, -0.2) is 13.2 Å². The van der Waals surface area contributed by atoms with E-state index in [2.05, 4.69) is 0 Å². The predicted octanol–water partition coefficient (Wildman–Crippen LogP) is 2.45. The van der Waals surface area contributed by atoms with Gasteiger partial charge in [0.1, 0.15) is 5.75 Å². The SMILES string of the molecule is CCOc1ccccc1C(C)=CCN. The molecule has 0 fully saturated rings. The van der Waals surface area contributed by atoms with Crippen LogP contribution in [0.2, 0.25) is 0 Å². The number of para-hydroxylation sites is 1. The lowest BCUT2D eigenvalue weighted by molar-refractivity contribution is 0.339. The molecule has 1 aromatic rings. The molecule has 0 saturated carbocycles. The van der Waals surface area contributed by atoms with Crippen LogP contribution in [0.5, 0.6) is 5.75 Å². The van der Waals surface area contributed by atoms with Gasteiger partial charge in [-0.1, -0.05) is 24.3 Å². The normalized spacial score (nSPS) is 11.5. The minimum Gasteiger partial charge on any atom is -0.493 e. The van der Waals surface area contributed by atoms with Crippen LogP contribution in [0.15, 0.2) is 30.3 Å². The van der Waals surface area contributed by atoms with Crippen molar-refractivity contribution in [2.24, 2.45) is 5.73 Å². The maximum atomic E-state index is 5.52. The average molecular weight is 191 g/mol. The quantitative estimate of drug-likeness (QED) is 0.793. The zero-order chi connectivity index (χ0) is 10.4. The van der Waals surface area contributed by atoms with Crippen molar-refractivity contribution >= 4 is 5.57 Å². The van der Waals surface area contributed by atoms with Crippen molar-refractivity contribution in [1.82, 2.24) is 0 Å². The molecular formula is C12H17NO. The summed E-state index contributed by atoms with van der Waals surface area (Å²) in [6.07, 6.45) is 2.00. The monoisotopic (exact) mass is 191 g/mol. The molecule has 2 N–H and O–H groups in total. The first-order valence-electron chi connectivity index (χ1n) is 4.88. The number of hydrogen-bond donors (Lipinski definition) is 1. The second kappa shape index (κ2) is 5.45. The van der Waals surface area contributed by atoms with E-state index in [1.807, 2.05) is 44.2 Å². The van der Waals surface area contributed by atoms with Crippen LogP contribution in [0.4, 0.5) is 0 Å². The molecule has 0 spiro atoms. The molecule has 0 atom stereocenters. The number of benzene rings is 1. The summed E-state index contributed by atoms with van der Waals surface area (Å²) in [5.41, 5.74) is 7.76. The fourth-order valence-electron chi connectivity index (χ4n) is 1.36. The van der Waals surface area contributed by atoms with Gasteiger partial charge in [-0.05, 0) is 25.5 Å². The first kappa shape index (κ1) is 10.8. The Morgan fingerprint density at radius 3 is 2.79 bits per heavy atom. The lowest BCUT2D eigenvalue weighted by atomic mass is 10.1. The third-order valence-electron chi connectivity index (χ3n) is 2.04. The molecule has 1 aromatic carbocycles. The van der Waals surface area contributed by atoms with Gasteiger partial charge in [-0.25, -0.2) is 0 Å². The first-order chi connectivity index (χ1) is 6.79. The van der Waals surface area contributed by atoms with E-state index in [1.165, 1.54) is 0 Å². The van der Waals surface area contributed by atoms with Crippen molar-refractivity contribution in [3.8, 4) is 5.75 Å². The van der Waals surface area contributed by atoms with E-state index in [9.17, 15) is 0 Å². The number of rotatable bonds is 4. The molecule has 0 radical (unpaired) electrons. The van der Waals surface area contributed by atoms with Crippen molar-refractivity contribution in [3.05, 3.63) is 35.9 Å². The van der Waals surface area contributed by atoms with Gasteiger partial charge in [0, 0.05) is 12.1 Å². The van der Waals surface area contributed by atoms with Crippen LogP contribution in [-0.2, 0) is 0 Å². The van der Waals surface area contributed by atoms with Crippen LogP contribution in [0, 0.1) is 0 Å². The highest BCUT2D eigenvalue weighted by atomic mass is 16.5. The Morgan fingerprint density at radius 2 is 2.14 bits per heavy atom. The van der Waals surface area contributed by atoms with E-state index < -0.39 is 0 Å². The van der Waals surface area contributed by atoms with Crippen molar-refractivity contribution in [1.29, 1.82) is 0 Å². The Kier molecular flexibility index (Phi) is 4.20. The van der Waals surface area contributed by atoms with Crippen LogP contribution in [0.3, 0.4) is 0 Å². The van der Waals surface area contributed by atoms with Crippen molar-refractivity contribution in [2.75, 3.05) is 13.2 Å². The Labute approximate surface area is 85.4 Å². The molecule has 0 aliphatic heterocycles. The molecule has 0 unspecified atom stereocenters. The zero-order valence-corrected chi connectivity index (χ0v) is 8.79. The van der Waals surface area contributed by atoms with Crippen molar-refractivity contribution in [3.63, 3.8) is 0 Å². The summed E-state index contributed by atoms with van der Waals surface area (Å²) in [6.45, 7) is 5.28. The summed E-state index contributed by atoms with van der Waals surface area (Å²) in [6, 6.07) is 8.01. The fraction of sp³-hybridized carbons (Fsp3) is 0.333. The second-order valence-electron chi connectivity index (χ2n) is 3.05. The van der Waals surface area contributed by atoms with Gasteiger partial charge in [0.15, 0.2) is 0 Å². The molecule has 0 saturated heterocycles. The molecule has 1 rings (SSSR count). The van der Waals surface area contributed by atoms with Crippen molar-refractivity contribution < 1.29 is 4.74 Å². The molecule has 76 valence electrons. The Bertz CT molecular complexity index is 318. The van der Waals surface area contributed by atoms with Gasteiger partial charge in [-0.15, -0.1) is 0 Å². The molecule has 2 nitrogen and oxygen atoms in total. The fourth-order valence-corrected chi connectivity index (χ4v) is 1.36. The summed E-state index contributed by atoms with van der Waals surface area (Å²) in [5.74, 6) is 0.928. The van der Waals surface area contributed by atoms with E-state index in [4.69, 9.17) is 10.5 Å². The van der Waals surface area contributed by atoms with Gasteiger partial charge >= 0.3 is 0 Å².